The first-order valence-corrected chi connectivity index (χ1v) is 10.0. The lowest BCUT2D eigenvalue weighted by Crippen LogP contribution is -2.44. The van der Waals surface area contributed by atoms with Crippen molar-refractivity contribution in [1.82, 2.24) is 5.32 Å². The fraction of sp³-hybridized carbons (Fsp3) is 0.375. The first-order valence-electron chi connectivity index (χ1n) is 10.0. The highest BCUT2D eigenvalue weighted by Gasteiger charge is 2.34. The second kappa shape index (κ2) is 10.2. The molecule has 1 aliphatic rings. The number of hydrogen-bond donors (Lipinski definition) is 1. The second-order valence-corrected chi connectivity index (χ2v) is 7.27. The monoisotopic (exact) mass is 411 g/mol. The van der Waals surface area contributed by atoms with Gasteiger partial charge in [-0.05, 0) is 42.2 Å². The van der Waals surface area contributed by atoms with E-state index in [0.717, 1.165) is 18.4 Å². The zero-order valence-corrected chi connectivity index (χ0v) is 17.8. The molecule has 1 N–H and O–H groups in total. The predicted molar refractivity (Wildman–Crippen MR) is 116 cm³/mol. The van der Waals surface area contributed by atoms with Crippen LogP contribution in [0.4, 0.5) is 0 Å². The van der Waals surface area contributed by atoms with E-state index in [0.29, 0.717) is 37.0 Å². The summed E-state index contributed by atoms with van der Waals surface area (Å²) in [6, 6.07) is 13.9. The van der Waals surface area contributed by atoms with Gasteiger partial charge in [0.25, 0.3) is 0 Å². The highest BCUT2D eigenvalue weighted by Crippen LogP contribution is 2.38. The lowest BCUT2D eigenvalue weighted by Gasteiger charge is -2.37. The minimum absolute atomic E-state index is 0.102. The zero-order chi connectivity index (χ0) is 21.4. The van der Waals surface area contributed by atoms with E-state index >= 15 is 0 Å². The number of hydrogen-bond acceptors (Lipinski definition) is 5. The summed E-state index contributed by atoms with van der Waals surface area (Å²) in [6.07, 6.45) is 5.03. The molecule has 0 spiro atoms. The third-order valence-corrected chi connectivity index (χ3v) is 5.55. The number of nitrogens with one attached hydrogen (secondary N) is 1. The molecular weight excluding hydrogens is 382 g/mol. The van der Waals surface area contributed by atoms with Gasteiger partial charge in [-0.3, -0.25) is 4.79 Å². The third-order valence-electron chi connectivity index (χ3n) is 5.55. The predicted octanol–water partition coefficient (Wildman–Crippen LogP) is 3.59. The van der Waals surface area contributed by atoms with Crippen molar-refractivity contribution in [2.24, 2.45) is 0 Å². The molecule has 0 bridgehead atoms. The Balaban J connectivity index is 1.71. The van der Waals surface area contributed by atoms with Crippen LogP contribution in [0.5, 0.6) is 17.2 Å². The summed E-state index contributed by atoms with van der Waals surface area (Å²) in [4.78, 5) is 12.5. The van der Waals surface area contributed by atoms with E-state index in [1.807, 2.05) is 18.2 Å². The molecule has 2 aromatic rings. The molecular formula is C24H29NO5. The van der Waals surface area contributed by atoms with Crippen LogP contribution in [0, 0.1) is 0 Å². The summed E-state index contributed by atoms with van der Waals surface area (Å²) in [5.74, 6) is 1.46. The molecule has 0 aromatic heterocycles. The van der Waals surface area contributed by atoms with Crippen molar-refractivity contribution in [3.63, 3.8) is 0 Å². The van der Waals surface area contributed by atoms with Crippen LogP contribution in [0.3, 0.4) is 0 Å². The summed E-state index contributed by atoms with van der Waals surface area (Å²) in [5.41, 5.74) is 1.92. The molecule has 1 aliphatic heterocycles. The van der Waals surface area contributed by atoms with Gasteiger partial charge in [-0.1, -0.05) is 30.3 Å². The van der Waals surface area contributed by atoms with Gasteiger partial charge in [-0.25, -0.2) is 0 Å². The Kier molecular flexibility index (Phi) is 7.36. The third kappa shape index (κ3) is 4.94. The van der Waals surface area contributed by atoms with Crippen molar-refractivity contribution < 1.29 is 23.7 Å². The van der Waals surface area contributed by atoms with Crippen LogP contribution in [0.1, 0.15) is 24.0 Å². The van der Waals surface area contributed by atoms with Crippen LogP contribution in [0.25, 0.3) is 6.08 Å². The van der Waals surface area contributed by atoms with Crippen LogP contribution < -0.4 is 19.5 Å². The van der Waals surface area contributed by atoms with Crippen LogP contribution in [-0.2, 0) is 14.9 Å². The molecule has 6 heteroatoms. The van der Waals surface area contributed by atoms with Gasteiger partial charge < -0.3 is 24.3 Å². The van der Waals surface area contributed by atoms with E-state index in [1.54, 1.807) is 39.5 Å². The molecule has 0 atom stereocenters. The molecule has 2 aromatic carbocycles. The minimum atomic E-state index is -0.148. The highest BCUT2D eigenvalue weighted by molar-refractivity contribution is 5.92. The molecule has 160 valence electrons. The van der Waals surface area contributed by atoms with Gasteiger partial charge in [-0.15, -0.1) is 0 Å². The maximum absolute atomic E-state index is 12.5. The number of benzene rings is 2. The number of amides is 1. The first kappa shape index (κ1) is 21.7. The molecule has 0 unspecified atom stereocenters. The minimum Gasteiger partial charge on any atom is -0.493 e. The second-order valence-electron chi connectivity index (χ2n) is 7.27. The average molecular weight is 411 g/mol. The summed E-state index contributed by atoms with van der Waals surface area (Å²) in [7, 11) is 4.69. The molecule has 30 heavy (non-hydrogen) atoms. The quantitative estimate of drug-likeness (QED) is 0.673. The molecule has 0 radical (unpaired) electrons. The van der Waals surface area contributed by atoms with E-state index in [1.165, 1.54) is 11.6 Å². The first-order chi connectivity index (χ1) is 14.6. The van der Waals surface area contributed by atoms with E-state index in [4.69, 9.17) is 18.9 Å². The Labute approximate surface area is 177 Å². The number of rotatable bonds is 8. The Morgan fingerprint density at radius 1 is 1.03 bits per heavy atom. The number of ether oxygens (including phenoxy) is 4. The van der Waals surface area contributed by atoms with Crippen LogP contribution in [0.15, 0.2) is 48.5 Å². The molecule has 0 aliphatic carbocycles. The van der Waals surface area contributed by atoms with E-state index in [2.05, 4.69) is 17.4 Å². The van der Waals surface area contributed by atoms with E-state index in [-0.39, 0.29) is 11.3 Å². The Hall–Kier alpha value is -2.99. The standard InChI is InChI=1S/C24H29NO5/c1-27-20-15-18(16-21(28-2)23(20)29-3)9-10-22(26)25-17-24(11-13-30-14-12-24)19-7-5-4-6-8-19/h4-10,15-16H,11-14,17H2,1-3H3,(H,25,26)/b10-9+. The SMILES string of the molecule is COc1cc(/C=C/C(=O)NCC2(c3ccccc3)CCOCC2)cc(OC)c1OC. The van der Waals surface area contributed by atoms with Crippen molar-refractivity contribution in [1.29, 1.82) is 0 Å². The maximum atomic E-state index is 12.5. The van der Waals surface area contributed by atoms with Crippen molar-refractivity contribution in [3.8, 4) is 17.2 Å². The van der Waals surface area contributed by atoms with Crippen LogP contribution in [-0.4, -0.2) is 47.0 Å². The van der Waals surface area contributed by atoms with Crippen LogP contribution >= 0.6 is 0 Å². The lowest BCUT2D eigenvalue weighted by atomic mass is 9.74. The van der Waals surface area contributed by atoms with Gasteiger partial charge in [0.15, 0.2) is 11.5 Å². The Morgan fingerprint density at radius 3 is 2.23 bits per heavy atom. The molecule has 3 rings (SSSR count). The fourth-order valence-corrected chi connectivity index (χ4v) is 3.81. The summed E-state index contributed by atoms with van der Waals surface area (Å²) in [5, 5.41) is 3.07. The highest BCUT2D eigenvalue weighted by atomic mass is 16.5. The van der Waals surface area contributed by atoms with Gasteiger partial charge in [0.1, 0.15) is 0 Å². The molecule has 1 amide bonds. The Bertz CT molecular complexity index is 847. The van der Waals surface area contributed by atoms with Gasteiger partial charge in [0.2, 0.25) is 11.7 Å². The van der Waals surface area contributed by atoms with E-state index in [9.17, 15) is 4.79 Å². The molecule has 1 heterocycles. The Morgan fingerprint density at radius 2 is 1.67 bits per heavy atom. The summed E-state index contributed by atoms with van der Waals surface area (Å²) < 4.78 is 21.6. The van der Waals surface area contributed by atoms with Crippen molar-refractivity contribution in [2.45, 2.75) is 18.3 Å². The topological polar surface area (TPSA) is 66.0 Å². The zero-order valence-electron chi connectivity index (χ0n) is 17.8. The van der Waals surface area contributed by atoms with Gasteiger partial charge in [-0.2, -0.15) is 0 Å². The number of methoxy groups -OCH3 is 3. The average Bonchev–Trinajstić information content (AvgIpc) is 2.81. The smallest absolute Gasteiger partial charge is 0.244 e. The van der Waals surface area contributed by atoms with E-state index < -0.39 is 0 Å². The molecule has 6 nitrogen and oxygen atoms in total. The number of carbonyl (C=O) groups is 1. The van der Waals surface area contributed by atoms with Gasteiger partial charge in [0.05, 0.1) is 21.3 Å². The van der Waals surface area contributed by atoms with Crippen molar-refractivity contribution in [3.05, 3.63) is 59.7 Å². The summed E-state index contributed by atoms with van der Waals surface area (Å²) >= 11 is 0. The molecule has 0 saturated carbocycles. The van der Waals surface area contributed by atoms with Gasteiger partial charge >= 0.3 is 0 Å². The van der Waals surface area contributed by atoms with Crippen molar-refractivity contribution >= 4 is 12.0 Å². The van der Waals surface area contributed by atoms with Crippen molar-refractivity contribution in [2.75, 3.05) is 41.1 Å². The normalized spacial score (nSPS) is 15.6. The molecule has 1 fully saturated rings. The van der Waals surface area contributed by atoms with Crippen LogP contribution in [0.2, 0.25) is 0 Å². The van der Waals surface area contributed by atoms with Gasteiger partial charge in [0, 0.05) is 31.2 Å². The lowest BCUT2D eigenvalue weighted by molar-refractivity contribution is -0.116. The summed E-state index contributed by atoms with van der Waals surface area (Å²) in [6.45, 7) is 1.97. The largest absolute Gasteiger partial charge is 0.493 e. The maximum Gasteiger partial charge on any atom is 0.244 e. The molecule has 1 saturated heterocycles. The number of carbonyl (C=O) groups excluding carboxylic acids is 1. The fourth-order valence-electron chi connectivity index (χ4n) is 3.81.